The van der Waals surface area contributed by atoms with Crippen LogP contribution < -0.4 is 0 Å². The van der Waals surface area contributed by atoms with Crippen LogP contribution in [0.15, 0.2) is 12.2 Å². The van der Waals surface area contributed by atoms with Crippen LogP contribution in [0.25, 0.3) is 0 Å². The van der Waals surface area contributed by atoms with Crippen molar-refractivity contribution in [2.75, 3.05) is 13.2 Å². The number of carboxylic acids is 1. The molecule has 18 heavy (non-hydrogen) atoms. The normalized spacial score (nSPS) is 11.4. The molecule has 0 heterocycles. The number of carboxylic acid groups (broad SMARTS) is 1. The topological polar surface area (TPSA) is 110 Å². The Hall–Kier alpha value is -1.89. The summed E-state index contributed by atoms with van der Waals surface area (Å²) < 4.78 is 9.30. The highest BCUT2D eigenvalue weighted by Gasteiger charge is 2.19. The fourth-order valence-corrected chi connectivity index (χ4v) is 0.865. The predicted octanol–water partition coefficient (Wildman–Crippen LogP) is -0.125. The zero-order valence-corrected chi connectivity index (χ0v) is 10.0. The first kappa shape index (κ1) is 16.1. The van der Waals surface area contributed by atoms with E-state index in [-0.39, 0.29) is 25.2 Å². The Morgan fingerprint density at radius 3 is 2.28 bits per heavy atom. The van der Waals surface area contributed by atoms with Crippen molar-refractivity contribution >= 4 is 17.9 Å². The van der Waals surface area contributed by atoms with Crippen molar-refractivity contribution in [2.45, 2.75) is 25.9 Å². The zero-order valence-electron chi connectivity index (χ0n) is 10.0. The summed E-state index contributed by atoms with van der Waals surface area (Å²) in [6.07, 6.45) is -2.13. The molecule has 1 unspecified atom stereocenters. The van der Waals surface area contributed by atoms with Gasteiger partial charge in [-0.15, -0.1) is 0 Å². The van der Waals surface area contributed by atoms with Gasteiger partial charge in [0, 0.05) is 12.0 Å². The number of aliphatic carboxylic acids is 1. The molecule has 0 aromatic rings. The van der Waals surface area contributed by atoms with Gasteiger partial charge in [-0.25, -0.2) is 9.59 Å². The van der Waals surface area contributed by atoms with E-state index in [1.54, 1.807) is 0 Å². The molecule has 0 radical (unpaired) electrons. The lowest BCUT2D eigenvalue weighted by Crippen LogP contribution is -2.26. The monoisotopic (exact) mass is 260 g/mol. The summed E-state index contributed by atoms with van der Waals surface area (Å²) in [5, 5.41) is 17.4. The van der Waals surface area contributed by atoms with Crippen molar-refractivity contribution in [3.63, 3.8) is 0 Å². The van der Waals surface area contributed by atoms with Crippen LogP contribution >= 0.6 is 0 Å². The van der Waals surface area contributed by atoms with Gasteiger partial charge in [0.05, 0.1) is 19.6 Å². The van der Waals surface area contributed by atoms with Crippen molar-refractivity contribution in [1.82, 2.24) is 0 Å². The molecule has 0 bridgehead atoms. The fourth-order valence-electron chi connectivity index (χ4n) is 0.865. The van der Waals surface area contributed by atoms with Crippen molar-refractivity contribution in [3.8, 4) is 0 Å². The van der Waals surface area contributed by atoms with E-state index in [1.807, 2.05) is 0 Å². The molecule has 0 aliphatic carbocycles. The van der Waals surface area contributed by atoms with Crippen molar-refractivity contribution < 1.29 is 34.1 Å². The molecule has 102 valence electrons. The van der Waals surface area contributed by atoms with Gasteiger partial charge in [-0.05, 0) is 6.92 Å². The molecule has 0 aromatic carbocycles. The van der Waals surface area contributed by atoms with Gasteiger partial charge in [0.2, 0.25) is 0 Å². The van der Waals surface area contributed by atoms with Gasteiger partial charge in [0.25, 0.3) is 0 Å². The van der Waals surface area contributed by atoms with E-state index >= 15 is 0 Å². The van der Waals surface area contributed by atoms with Gasteiger partial charge in [-0.3, -0.25) is 4.79 Å². The number of rotatable bonds is 8. The van der Waals surface area contributed by atoms with Gasteiger partial charge in [-0.1, -0.05) is 6.58 Å². The summed E-state index contributed by atoms with van der Waals surface area (Å²) in [6.45, 7) is 4.87. The van der Waals surface area contributed by atoms with Crippen LogP contribution in [-0.4, -0.2) is 47.4 Å². The molecule has 0 saturated carbocycles. The molecule has 0 fully saturated rings. The second-order valence-electron chi connectivity index (χ2n) is 3.55. The van der Waals surface area contributed by atoms with Crippen molar-refractivity contribution in [3.05, 3.63) is 12.2 Å². The number of carbonyl (C=O) groups is 3. The third-order valence-electron chi connectivity index (χ3n) is 1.75. The molecule has 0 aromatic heterocycles. The average molecular weight is 260 g/mol. The lowest BCUT2D eigenvalue weighted by Gasteiger charge is -2.08. The highest BCUT2D eigenvalue weighted by atomic mass is 16.6. The van der Waals surface area contributed by atoms with Gasteiger partial charge in [0.1, 0.15) is 0 Å². The van der Waals surface area contributed by atoms with Crippen LogP contribution in [0, 0.1) is 0 Å². The summed E-state index contributed by atoms with van der Waals surface area (Å²) in [5.74, 6) is -2.84. The number of ether oxygens (including phenoxy) is 2. The van der Waals surface area contributed by atoms with Crippen LogP contribution in [0.4, 0.5) is 0 Å². The Morgan fingerprint density at radius 2 is 1.78 bits per heavy atom. The minimum Gasteiger partial charge on any atom is -0.481 e. The smallest absolute Gasteiger partial charge is 0.335 e. The van der Waals surface area contributed by atoms with E-state index in [0.717, 1.165) is 0 Å². The molecule has 2 N–H and O–H groups in total. The second kappa shape index (κ2) is 8.24. The van der Waals surface area contributed by atoms with Crippen LogP contribution in [0.3, 0.4) is 0 Å². The molecule has 0 rings (SSSR count). The number of esters is 2. The Bertz CT molecular complexity index is 334. The molecular formula is C11H16O7. The van der Waals surface area contributed by atoms with Crippen LogP contribution in [0.2, 0.25) is 0 Å². The first-order valence-corrected chi connectivity index (χ1v) is 5.23. The van der Waals surface area contributed by atoms with Gasteiger partial charge < -0.3 is 19.7 Å². The van der Waals surface area contributed by atoms with Crippen molar-refractivity contribution in [2.24, 2.45) is 0 Å². The number of aliphatic hydroxyl groups is 1. The van der Waals surface area contributed by atoms with Crippen LogP contribution in [-0.2, 0) is 23.9 Å². The van der Waals surface area contributed by atoms with E-state index in [2.05, 4.69) is 11.3 Å². The summed E-state index contributed by atoms with van der Waals surface area (Å²) in [4.78, 5) is 32.2. The maximum absolute atomic E-state index is 11.0. The molecule has 7 nitrogen and oxygen atoms in total. The quantitative estimate of drug-likeness (QED) is 0.355. The van der Waals surface area contributed by atoms with E-state index in [9.17, 15) is 14.4 Å². The van der Waals surface area contributed by atoms with Gasteiger partial charge >= 0.3 is 17.9 Å². The van der Waals surface area contributed by atoms with E-state index in [1.165, 1.54) is 6.92 Å². The number of aliphatic hydroxyl groups excluding tert-OH is 1. The first-order chi connectivity index (χ1) is 8.34. The zero-order chi connectivity index (χ0) is 14.1. The highest BCUT2D eigenvalue weighted by Crippen LogP contribution is 1.98. The predicted molar refractivity (Wildman–Crippen MR) is 59.6 cm³/mol. The molecule has 0 amide bonds. The molecule has 0 saturated heterocycles. The summed E-state index contributed by atoms with van der Waals surface area (Å²) in [6, 6.07) is 0. The van der Waals surface area contributed by atoms with E-state index in [4.69, 9.17) is 14.9 Å². The summed E-state index contributed by atoms with van der Waals surface area (Å²) >= 11 is 0. The Labute approximate surface area is 104 Å². The number of hydrogen-bond donors (Lipinski definition) is 2. The molecular weight excluding hydrogens is 244 g/mol. The standard InChI is InChI=1S/C11H16O7/c1-7(2)10(15)17-4-3-5-18-11(16)8(12)6-9(13)14/h8,12H,1,3-6H2,2H3,(H,13,14). The summed E-state index contributed by atoms with van der Waals surface area (Å²) in [5.41, 5.74) is 0.267. The molecule has 0 aliphatic heterocycles. The Morgan fingerprint density at radius 1 is 1.22 bits per heavy atom. The van der Waals surface area contributed by atoms with Crippen LogP contribution in [0.5, 0.6) is 0 Å². The Balaban J connectivity index is 3.66. The largest absolute Gasteiger partial charge is 0.481 e. The highest BCUT2D eigenvalue weighted by molar-refractivity contribution is 5.86. The first-order valence-electron chi connectivity index (χ1n) is 5.23. The van der Waals surface area contributed by atoms with Gasteiger partial charge in [-0.2, -0.15) is 0 Å². The molecule has 0 aliphatic rings. The van der Waals surface area contributed by atoms with Crippen molar-refractivity contribution in [1.29, 1.82) is 0 Å². The van der Waals surface area contributed by atoms with Gasteiger partial charge in [0.15, 0.2) is 6.10 Å². The maximum atomic E-state index is 11.0. The molecule has 7 heteroatoms. The van der Waals surface area contributed by atoms with E-state index in [0.29, 0.717) is 0 Å². The Kier molecular flexibility index (Phi) is 7.37. The SMILES string of the molecule is C=C(C)C(=O)OCCCOC(=O)C(O)CC(=O)O. The fraction of sp³-hybridized carbons (Fsp3) is 0.545. The second-order valence-corrected chi connectivity index (χ2v) is 3.55. The minimum atomic E-state index is -1.68. The van der Waals surface area contributed by atoms with Crippen LogP contribution in [0.1, 0.15) is 19.8 Å². The lowest BCUT2D eigenvalue weighted by atomic mass is 10.2. The third-order valence-corrected chi connectivity index (χ3v) is 1.75. The summed E-state index contributed by atoms with van der Waals surface area (Å²) in [7, 11) is 0. The lowest BCUT2D eigenvalue weighted by molar-refractivity contribution is -0.158. The number of carbonyl (C=O) groups excluding carboxylic acids is 2. The third kappa shape index (κ3) is 7.39. The van der Waals surface area contributed by atoms with E-state index < -0.39 is 30.4 Å². The minimum absolute atomic E-state index is 0.0496. The maximum Gasteiger partial charge on any atom is 0.335 e. The average Bonchev–Trinajstić information content (AvgIpc) is 2.26. The number of hydrogen-bond acceptors (Lipinski definition) is 6. The molecule has 1 atom stereocenters. The molecule has 0 spiro atoms.